The minimum Gasteiger partial charge on any atom is -0.371 e. The van der Waals surface area contributed by atoms with Gasteiger partial charge in [-0.15, -0.1) is 24.8 Å². The van der Waals surface area contributed by atoms with Crippen LogP contribution < -0.4 is 10.2 Å². The van der Waals surface area contributed by atoms with Crippen molar-refractivity contribution in [2.24, 2.45) is 0 Å². The van der Waals surface area contributed by atoms with Crippen LogP contribution in [0.2, 0.25) is 5.02 Å². The van der Waals surface area contributed by atoms with Crippen molar-refractivity contribution in [3.05, 3.63) is 65.4 Å². The summed E-state index contributed by atoms with van der Waals surface area (Å²) in [6.07, 6.45) is 3.48. The van der Waals surface area contributed by atoms with E-state index in [2.05, 4.69) is 21.3 Å². The Labute approximate surface area is 242 Å². The summed E-state index contributed by atoms with van der Waals surface area (Å²) in [5.74, 6) is -0.324. The van der Waals surface area contributed by atoms with Gasteiger partial charge in [0.25, 0.3) is 0 Å². The lowest BCUT2D eigenvalue weighted by atomic mass is 10.0. The lowest BCUT2D eigenvalue weighted by Gasteiger charge is -2.39. The molecule has 3 aromatic rings. The van der Waals surface area contributed by atoms with Crippen LogP contribution in [-0.4, -0.2) is 69.2 Å². The Bertz CT molecular complexity index is 1330. The third kappa shape index (κ3) is 7.96. The summed E-state index contributed by atoms with van der Waals surface area (Å²) < 4.78 is 26.1. The molecule has 1 N–H and O–H groups in total. The minimum absolute atomic E-state index is 0. The third-order valence-electron chi connectivity index (χ3n) is 6.79. The van der Waals surface area contributed by atoms with E-state index in [4.69, 9.17) is 11.6 Å². The number of anilines is 1. The highest BCUT2D eigenvalue weighted by Crippen LogP contribution is 2.25. The first-order valence-corrected chi connectivity index (χ1v) is 14.3. The molecule has 1 fully saturated rings. The number of hydrogen-bond donors (Lipinski definition) is 1. The fraction of sp³-hybridized carbons (Fsp3) is 0.407. The zero-order chi connectivity index (χ0) is 25.7. The fourth-order valence-electron chi connectivity index (χ4n) is 4.78. The normalized spacial score (nSPS) is 14.0. The van der Waals surface area contributed by atoms with Gasteiger partial charge in [0, 0.05) is 61.2 Å². The fourth-order valence-corrected chi connectivity index (χ4v) is 6.22. The Kier molecular flexibility index (Phi) is 12.1. The monoisotopic (exact) mass is 600 g/mol. The van der Waals surface area contributed by atoms with Crippen LogP contribution in [0.25, 0.3) is 10.8 Å². The van der Waals surface area contributed by atoms with Gasteiger partial charge in [-0.2, -0.15) is 0 Å². The second kappa shape index (κ2) is 14.3. The van der Waals surface area contributed by atoms with Crippen LogP contribution in [0.5, 0.6) is 0 Å². The predicted molar refractivity (Wildman–Crippen MR) is 160 cm³/mol. The van der Waals surface area contributed by atoms with Crippen LogP contribution in [0.4, 0.5) is 5.69 Å². The molecule has 11 heteroatoms. The number of nitrogens with zero attached hydrogens (tertiary/aromatic N) is 3. The van der Waals surface area contributed by atoms with E-state index in [1.165, 1.54) is 0 Å². The number of carbonyl (C=O) groups is 1. The van der Waals surface area contributed by atoms with Gasteiger partial charge in [0.2, 0.25) is 5.91 Å². The van der Waals surface area contributed by atoms with Gasteiger partial charge < -0.3 is 15.1 Å². The molecule has 208 valence electrons. The molecule has 38 heavy (non-hydrogen) atoms. The summed E-state index contributed by atoms with van der Waals surface area (Å²) in [4.78, 5) is 22.0. The number of likely N-dealkylation sites (N-methyl/N-ethyl adjacent to an activating group) is 1. The maximum Gasteiger partial charge on any atom is 0.223 e. The van der Waals surface area contributed by atoms with Crippen molar-refractivity contribution < 1.29 is 13.2 Å². The number of aromatic nitrogens is 1. The predicted octanol–water partition coefficient (Wildman–Crippen LogP) is 4.92. The molecule has 0 unspecified atom stereocenters. The van der Waals surface area contributed by atoms with Gasteiger partial charge in [-0.1, -0.05) is 23.7 Å². The molecule has 1 aliphatic heterocycles. The quantitative estimate of drug-likeness (QED) is 0.375. The van der Waals surface area contributed by atoms with E-state index < -0.39 is 9.84 Å². The smallest absolute Gasteiger partial charge is 0.223 e. The maximum absolute atomic E-state index is 13.3. The van der Waals surface area contributed by atoms with Gasteiger partial charge in [-0.25, -0.2) is 8.42 Å². The van der Waals surface area contributed by atoms with Crippen LogP contribution in [-0.2, 0) is 14.6 Å². The molecular weight excluding hydrogens is 567 g/mol. The van der Waals surface area contributed by atoms with Crippen molar-refractivity contribution in [2.45, 2.75) is 37.1 Å². The molecule has 1 aromatic heterocycles. The molecule has 4 rings (SSSR count). The minimum atomic E-state index is -3.60. The first kappa shape index (κ1) is 32.1. The number of hydrogen-bond acceptors (Lipinski definition) is 6. The van der Waals surface area contributed by atoms with E-state index in [9.17, 15) is 13.2 Å². The van der Waals surface area contributed by atoms with Crippen LogP contribution in [0, 0.1) is 6.92 Å². The Balaban J connectivity index is 0.00000253. The Morgan fingerprint density at radius 2 is 1.76 bits per heavy atom. The molecule has 0 aliphatic carbocycles. The number of carbonyl (C=O) groups excluding carboxylic acids is 1. The zero-order valence-electron chi connectivity index (χ0n) is 21.6. The van der Waals surface area contributed by atoms with Crippen LogP contribution >= 0.6 is 36.4 Å². The highest BCUT2D eigenvalue weighted by molar-refractivity contribution is 7.91. The largest absolute Gasteiger partial charge is 0.371 e. The topological polar surface area (TPSA) is 82.6 Å². The maximum atomic E-state index is 13.3. The number of benzene rings is 2. The standard InChI is InChI=1S/C27H33ClN4O3S.2ClH/c1-20-17-25(7-11-30-20)31-13-8-24(9-14-31)32(15-12-29-2)27(33)10-16-36(34,35)26-6-4-21-18-23(28)5-3-22(21)19-26;;/h3-7,11,17-19,24,29H,8-10,12-16H2,1-2H3;2*1H. The SMILES string of the molecule is CNCCN(C(=O)CCS(=O)(=O)c1ccc2cc(Cl)ccc2c1)C1CCN(c2ccnc(C)c2)CC1.Cl.Cl. The molecule has 0 saturated carbocycles. The average Bonchev–Trinajstić information content (AvgIpc) is 2.87. The molecule has 1 aliphatic rings. The van der Waals surface area contributed by atoms with Crippen molar-refractivity contribution in [3.63, 3.8) is 0 Å². The number of pyridine rings is 1. The highest BCUT2D eigenvalue weighted by atomic mass is 35.5. The van der Waals surface area contributed by atoms with Crippen LogP contribution in [0.1, 0.15) is 25.0 Å². The Hall–Kier alpha value is -2.10. The van der Waals surface area contributed by atoms with Crippen molar-refractivity contribution in [2.75, 3.05) is 43.9 Å². The number of rotatable bonds is 9. The molecule has 7 nitrogen and oxygen atoms in total. The number of piperidine rings is 1. The zero-order valence-corrected chi connectivity index (χ0v) is 24.8. The van der Waals surface area contributed by atoms with Gasteiger partial charge in [-0.3, -0.25) is 9.78 Å². The van der Waals surface area contributed by atoms with E-state index in [0.29, 0.717) is 18.1 Å². The Morgan fingerprint density at radius 1 is 1.08 bits per heavy atom. The van der Waals surface area contributed by atoms with Crippen molar-refractivity contribution in [3.8, 4) is 0 Å². The summed E-state index contributed by atoms with van der Waals surface area (Å²) in [5, 5.41) is 5.40. The molecular formula is C27H35Cl3N4O3S. The van der Waals surface area contributed by atoms with Gasteiger partial charge >= 0.3 is 0 Å². The number of halogens is 3. The van der Waals surface area contributed by atoms with E-state index >= 15 is 0 Å². The lowest BCUT2D eigenvalue weighted by Crippen LogP contribution is -2.49. The molecule has 2 aromatic carbocycles. The highest BCUT2D eigenvalue weighted by Gasteiger charge is 2.29. The van der Waals surface area contributed by atoms with E-state index in [-0.39, 0.29) is 53.8 Å². The first-order valence-electron chi connectivity index (χ1n) is 12.3. The van der Waals surface area contributed by atoms with Crippen LogP contribution in [0.3, 0.4) is 0 Å². The van der Waals surface area contributed by atoms with E-state index in [1.807, 2.05) is 31.1 Å². The van der Waals surface area contributed by atoms with Gasteiger partial charge in [0.1, 0.15) is 0 Å². The third-order valence-corrected chi connectivity index (χ3v) is 8.74. The second-order valence-corrected chi connectivity index (χ2v) is 11.8. The molecule has 0 bridgehead atoms. The number of nitrogens with one attached hydrogen (secondary N) is 1. The lowest BCUT2D eigenvalue weighted by molar-refractivity contribution is -0.133. The van der Waals surface area contributed by atoms with Gasteiger partial charge in [0.05, 0.1) is 10.6 Å². The van der Waals surface area contributed by atoms with Crippen molar-refractivity contribution in [1.82, 2.24) is 15.2 Å². The summed E-state index contributed by atoms with van der Waals surface area (Å²) >= 11 is 6.04. The molecule has 0 atom stereocenters. The molecule has 1 amide bonds. The van der Waals surface area contributed by atoms with Gasteiger partial charge in [0.15, 0.2) is 9.84 Å². The number of amides is 1. The molecule has 0 spiro atoms. The summed E-state index contributed by atoms with van der Waals surface area (Å²) in [6.45, 7) is 4.89. The number of sulfone groups is 1. The van der Waals surface area contributed by atoms with Crippen LogP contribution in [0.15, 0.2) is 59.6 Å². The molecule has 0 radical (unpaired) electrons. The van der Waals surface area contributed by atoms with E-state index in [0.717, 1.165) is 48.1 Å². The summed E-state index contributed by atoms with van der Waals surface area (Å²) in [7, 11) is -1.75. The molecule has 2 heterocycles. The first-order chi connectivity index (χ1) is 17.3. The van der Waals surface area contributed by atoms with Gasteiger partial charge in [-0.05, 0) is 74.0 Å². The number of fused-ring (bicyclic) bond motifs is 1. The van der Waals surface area contributed by atoms with Crippen molar-refractivity contribution in [1.29, 1.82) is 0 Å². The van der Waals surface area contributed by atoms with E-state index in [1.54, 1.807) is 36.4 Å². The van der Waals surface area contributed by atoms with Crippen molar-refractivity contribution >= 4 is 68.6 Å². The average molecular weight is 602 g/mol. The Morgan fingerprint density at radius 3 is 2.45 bits per heavy atom. The summed E-state index contributed by atoms with van der Waals surface area (Å²) in [6, 6.07) is 14.5. The second-order valence-electron chi connectivity index (χ2n) is 9.29. The molecule has 1 saturated heterocycles. The summed E-state index contributed by atoms with van der Waals surface area (Å²) in [5.41, 5.74) is 2.13. The number of aryl methyl sites for hydroxylation is 1.